The zero-order valence-electron chi connectivity index (χ0n) is 7.27. The molecule has 3 heteroatoms. The Morgan fingerprint density at radius 3 is 3.00 bits per heavy atom. The van der Waals surface area contributed by atoms with Gasteiger partial charge in [-0.1, -0.05) is 0 Å². The van der Waals surface area contributed by atoms with Gasteiger partial charge in [0.1, 0.15) is 5.01 Å². The molecule has 1 unspecified atom stereocenters. The Morgan fingerprint density at radius 2 is 2.46 bits per heavy atom. The van der Waals surface area contributed by atoms with E-state index < -0.39 is 6.10 Å². The van der Waals surface area contributed by atoms with Crippen LogP contribution in [0.25, 0.3) is 0 Å². The van der Waals surface area contributed by atoms with Crippen molar-refractivity contribution in [1.29, 1.82) is 0 Å². The SMILES string of the molecule is Cc1csc(C(O)c2cc[cH-]c2)n1. The van der Waals surface area contributed by atoms with E-state index in [1.807, 2.05) is 36.6 Å². The van der Waals surface area contributed by atoms with Crippen LogP contribution in [0.4, 0.5) is 0 Å². The van der Waals surface area contributed by atoms with Crippen LogP contribution in [0, 0.1) is 6.92 Å². The van der Waals surface area contributed by atoms with Crippen molar-refractivity contribution in [2.45, 2.75) is 13.0 Å². The maximum Gasteiger partial charge on any atom is 0.113 e. The van der Waals surface area contributed by atoms with Gasteiger partial charge in [-0.3, -0.25) is 0 Å². The summed E-state index contributed by atoms with van der Waals surface area (Å²) >= 11 is 1.49. The molecule has 1 N–H and O–H groups in total. The molecule has 0 aliphatic heterocycles. The first-order chi connectivity index (χ1) is 6.27. The third kappa shape index (κ3) is 1.66. The van der Waals surface area contributed by atoms with Crippen molar-refractivity contribution in [1.82, 2.24) is 4.98 Å². The van der Waals surface area contributed by atoms with E-state index in [9.17, 15) is 5.11 Å². The molecule has 1 aromatic carbocycles. The average Bonchev–Trinajstić information content (AvgIpc) is 2.72. The number of rotatable bonds is 2. The number of aliphatic hydroxyl groups is 1. The van der Waals surface area contributed by atoms with Gasteiger partial charge < -0.3 is 5.11 Å². The van der Waals surface area contributed by atoms with E-state index >= 15 is 0 Å². The van der Waals surface area contributed by atoms with E-state index in [2.05, 4.69) is 4.98 Å². The molecule has 13 heavy (non-hydrogen) atoms. The molecule has 2 rings (SSSR count). The number of thiazole rings is 1. The van der Waals surface area contributed by atoms with Crippen LogP contribution in [-0.2, 0) is 0 Å². The Morgan fingerprint density at radius 1 is 1.62 bits per heavy atom. The highest BCUT2D eigenvalue weighted by Crippen LogP contribution is 2.24. The minimum Gasteiger partial charge on any atom is -0.395 e. The summed E-state index contributed by atoms with van der Waals surface area (Å²) in [5, 5.41) is 12.6. The zero-order valence-corrected chi connectivity index (χ0v) is 8.08. The lowest BCUT2D eigenvalue weighted by Crippen LogP contribution is -1.96. The molecule has 0 fully saturated rings. The molecular weight excluding hydrogens is 182 g/mol. The van der Waals surface area contributed by atoms with Crippen molar-refractivity contribution in [2.75, 3.05) is 0 Å². The van der Waals surface area contributed by atoms with Gasteiger partial charge in [0, 0.05) is 11.1 Å². The maximum atomic E-state index is 9.84. The average molecular weight is 192 g/mol. The molecule has 68 valence electrons. The largest absolute Gasteiger partial charge is 0.395 e. The second kappa shape index (κ2) is 3.36. The van der Waals surface area contributed by atoms with Crippen molar-refractivity contribution in [2.24, 2.45) is 0 Å². The van der Waals surface area contributed by atoms with Crippen LogP contribution < -0.4 is 0 Å². The maximum absolute atomic E-state index is 9.84. The van der Waals surface area contributed by atoms with E-state index in [1.165, 1.54) is 11.3 Å². The van der Waals surface area contributed by atoms with Crippen molar-refractivity contribution < 1.29 is 5.11 Å². The van der Waals surface area contributed by atoms with E-state index in [1.54, 1.807) is 0 Å². The summed E-state index contributed by atoms with van der Waals surface area (Å²) in [6, 6.07) is 7.64. The Balaban J connectivity index is 2.28. The van der Waals surface area contributed by atoms with Crippen molar-refractivity contribution >= 4 is 11.3 Å². The molecular formula is C10H10NOS-. The lowest BCUT2D eigenvalue weighted by Gasteiger charge is -2.10. The Labute approximate surface area is 80.9 Å². The molecule has 1 aromatic heterocycles. The molecule has 1 atom stereocenters. The summed E-state index contributed by atoms with van der Waals surface area (Å²) in [5.74, 6) is 0. The zero-order chi connectivity index (χ0) is 9.26. The molecule has 0 aliphatic rings. The predicted molar refractivity (Wildman–Crippen MR) is 52.9 cm³/mol. The first-order valence-electron chi connectivity index (χ1n) is 4.09. The molecule has 0 bridgehead atoms. The smallest absolute Gasteiger partial charge is 0.113 e. The number of nitrogens with zero attached hydrogens (tertiary/aromatic N) is 1. The molecule has 0 radical (unpaired) electrons. The lowest BCUT2D eigenvalue weighted by atomic mass is 10.2. The van der Waals surface area contributed by atoms with Crippen molar-refractivity contribution in [3.05, 3.63) is 45.9 Å². The van der Waals surface area contributed by atoms with Crippen molar-refractivity contribution in [3.63, 3.8) is 0 Å². The van der Waals surface area contributed by atoms with Gasteiger partial charge >= 0.3 is 0 Å². The Bertz CT molecular complexity index is 377. The number of aliphatic hydroxyl groups excluding tert-OH is 1. The third-order valence-corrected chi connectivity index (χ3v) is 2.89. The molecule has 0 amide bonds. The van der Waals surface area contributed by atoms with Gasteiger partial charge in [0.25, 0.3) is 0 Å². The second-order valence-corrected chi connectivity index (χ2v) is 3.84. The van der Waals surface area contributed by atoms with Gasteiger partial charge in [0.15, 0.2) is 0 Å². The van der Waals surface area contributed by atoms with Crippen LogP contribution in [0.2, 0.25) is 0 Å². The molecule has 0 saturated heterocycles. The monoisotopic (exact) mass is 192 g/mol. The fraction of sp³-hybridized carbons (Fsp3) is 0.200. The quantitative estimate of drug-likeness (QED) is 0.740. The minimum absolute atomic E-state index is 0.561. The van der Waals surface area contributed by atoms with Crippen LogP contribution in [0.5, 0.6) is 0 Å². The highest BCUT2D eigenvalue weighted by molar-refractivity contribution is 7.09. The molecule has 1 heterocycles. The van der Waals surface area contributed by atoms with Crippen LogP contribution in [0.3, 0.4) is 0 Å². The first-order valence-corrected chi connectivity index (χ1v) is 4.97. The van der Waals surface area contributed by atoms with Crippen LogP contribution in [0.15, 0.2) is 29.6 Å². The Hall–Kier alpha value is -1.06. The number of hydrogen-bond donors (Lipinski definition) is 1. The molecule has 0 aliphatic carbocycles. The van der Waals surface area contributed by atoms with Gasteiger partial charge in [-0.05, 0) is 6.92 Å². The fourth-order valence-corrected chi connectivity index (χ4v) is 2.02. The summed E-state index contributed by atoms with van der Waals surface area (Å²) in [5.41, 5.74) is 1.87. The topological polar surface area (TPSA) is 33.1 Å². The van der Waals surface area contributed by atoms with Gasteiger partial charge in [0.2, 0.25) is 0 Å². The fourth-order valence-electron chi connectivity index (χ4n) is 1.21. The summed E-state index contributed by atoms with van der Waals surface area (Å²) in [7, 11) is 0. The minimum atomic E-state index is -0.561. The van der Waals surface area contributed by atoms with Gasteiger partial charge in [-0.25, -0.2) is 11.1 Å². The van der Waals surface area contributed by atoms with E-state index in [0.717, 1.165) is 16.3 Å². The van der Waals surface area contributed by atoms with Crippen molar-refractivity contribution in [3.8, 4) is 0 Å². The summed E-state index contributed by atoms with van der Waals surface area (Å²) in [6.07, 6.45) is -0.561. The number of aromatic nitrogens is 1. The van der Waals surface area contributed by atoms with Gasteiger partial charge in [-0.2, -0.15) is 23.8 Å². The number of hydrogen-bond acceptors (Lipinski definition) is 3. The lowest BCUT2D eigenvalue weighted by molar-refractivity contribution is 0.220. The number of aryl methyl sites for hydroxylation is 1. The standard InChI is InChI=1S/C10H10NOS/c1-7-6-13-10(11-7)9(12)8-4-2-3-5-8/h2-6,9,12H,1H3/q-1. The van der Waals surface area contributed by atoms with Crippen LogP contribution in [-0.4, -0.2) is 10.1 Å². The van der Waals surface area contributed by atoms with Gasteiger partial charge in [-0.15, -0.1) is 11.3 Å². The highest BCUT2D eigenvalue weighted by atomic mass is 32.1. The Kier molecular flexibility index (Phi) is 2.20. The molecule has 2 nitrogen and oxygen atoms in total. The third-order valence-electron chi connectivity index (χ3n) is 1.87. The summed E-state index contributed by atoms with van der Waals surface area (Å²) in [6.45, 7) is 1.93. The molecule has 0 saturated carbocycles. The van der Waals surface area contributed by atoms with Crippen LogP contribution in [0.1, 0.15) is 22.4 Å². The highest BCUT2D eigenvalue weighted by Gasteiger charge is 2.07. The van der Waals surface area contributed by atoms with E-state index in [-0.39, 0.29) is 0 Å². The van der Waals surface area contributed by atoms with Gasteiger partial charge in [0.05, 0.1) is 6.10 Å². The second-order valence-electron chi connectivity index (χ2n) is 2.95. The summed E-state index contributed by atoms with van der Waals surface area (Å²) in [4.78, 5) is 4.24. The van der Waals surface area contributed by atoms with E-state index in [4.69, 9.17) is 0 Å². The molecule has 2 aromatic rings. The van der Waals surface area contributed by atoms with E-state index in [0.29, 0.717) is 0 Å². The van der Waals surface area contributed by atoms with Crippen LogP contribution >= 0.6 is 11.3 Å². The predicted octanol–water partition coefficient (Wildman–Crippen LogP) is 2.25. The normalized spacial score (nSPS) is 13.1. The summed E-state index contributed by atoms with van der Waals surface area (Å²) < 4.78 is 0. The first kappa shape index (κ1) is 8.53. The molecule has 0 spiro atoms.